The van der Waals surface area contributed by atoms with Crippen LogP contribution >= 0.6 is 0 Å². The highest BCUT2D eigenvalue weighted by atomic mass is 16.1. The van der Waals surface area contributed by atoms with Crippen molar-refractivity contribution < 1.29 is 4.79 Å². The summed E-state index contributed by atoms with van der Waals surface area (Å²) in [5.41, 5.74) is 11.0. The second kappa shape index (κ2) is 21.1. The Bertz CT molecular complexity index is 3220. The van der Waals surface area contributed by atoms with Crippen LogP contribution in [0.1, 0.15) is 101 Å². The highest BCUT2D eigenvalue weighted by Gasteiger charge is 2.19. The molecule has 0 saturated heterocycles. The zero-order valence-electron chi connectivity index (χ0n) is 39.1. The van der Waals surface area contributed by atoms with Crippen molar-refractivity contribution >= 4 is 67.0 Å². The number of benzene rings is 7. The normalized spacial score (nSPS) is 11.6. The van der Waals surface area contributed by atoms with Gasteiger partial charge in [0.15, 0.2) is 10.9 Å². The quantitative estimate of drug-likeness (QED) is 0.0434. The van der Waals surface area contributed by atoms with Gasteiger partial charge in [0.1, 0.15) is 6.29 Å². The minimum absolute atomic E-state index is 0.0170. The van der Waals surface area contributed by atoms with E-state index in [1.807, 2.05) is 54.6 Å². The molecule has 0 amide bonds. The number of hydrogen-bond acceptors (Lipinski definition) is 4. The summed E-state index contributed by atoms with van der Waals surface area (Å²) in [6.45, 7) is 5.97. The second-order valence-electron chi connectivity index (χ2n) is 18.1. The number of aromatic nitrogens is 2. The number of carbonyl (C=O) groups is 1. The van der Waals surface area contributed by atoms with Crippen molar-refractivity contribution in [2.24, 2.45) is 0 Å². The van der Waals surface area contributed by atoms with E-state index in [4.69, 9.17) is 0 Å². The molecule has 0 radical (unpaired) electrons. The number of para-hydroxylation sites is 2. The summed E-state index contributed by atoms with van der Waals surface area (Å²) in [5.74, 6) is 0. The van der Waals surface area contributed by atoms with Crippen molar-refractivity contribution in [1.82, 2.24) is 9.13 Å². The molecule has 0 spiro atoms. The van der Waals surface area contributed by atoms with Gasteiger partial charge < -0.3 is 14.0 Å². The number of nitrogens with zero attached hydrogens (tertiary/aromatic N) is 3. The SMILES string of the molecule is CCCCCCCCn1c2ccc(-c3ccc(C=O)cc3)cc2c(=O)c2cc3c(cc21)c(=O)c1cc(-c2ccc(N(c4ccccc4)c4ccccc4)cc2)ccc1n3CCCCCCCC. The highest BCUT2D eigenvalue weighted by molar-refractivity contribution is 6.05. The minimum atomic E-state index is -0.0343. The maximum Gasteiger partial charge on any atom is 0.197 e. The fourth-order valence-corrected chi connectivity index (χ4v) is 9.94. The fourth-order valence-electron chi connectivity index (χ4n) is 9.94. The third kappa shape index (κ3) is 9.62. The molecule has 0 aliphatic carbocycles. The molecule has 0 aliphatic heterocycles. The molecule has 7 aromatic carbocycles. The molecular formula is C61H61N3O3. The van der Waals surface area contributed by atoms with Gasteiger partial charge in [-0.2, -0.15) is 0 Å². The van der Waals surface area contributed by atoms with Gasteiger partial charge in [-0.25, -0.2) is 0 Å². The van der Waals surface area contributed by atoms with E-state index in [1.54, 1.807) is 0 Å². The second-order valence-corrected chi connectivity index (χ2v) is 18.1. The van der Waals surface area contributed by atoms with Crippen LogP contribution in [-0.2, 0) is 13.1 Å². The zero-order chi connectivity index (χ0) is 46.1. The Labute approximate surface area is 394 Å². The van der Waals surface area contributed by atoms with Crippen LogP contribution in [0, 0.1) is 0 Å². The molecule has 9 aromatic rings. The van der Waals surface area contributed by atoms with Gasteiger partial charge in [-0.05, 0) is 108 Å². The van der Waals surface area contributed by atoms with Crippen molar-refractivity contribution in [2.45, 2.75) is 104 Å². The highest BCUT2D eigenvalue weighted by Crippen LogP contribution is 2.36. The Balaban J connectivity index is 1.18. The average molecular weight is 884 g/mol. The number of anilines is 3. The average Bonchev–Trinajstić information content (AvgIpc) is 3.38. The lowest BCUT2D eigenvalue weighted by atomic mass is 9.98. The maximum absolute atomic E-state index is 15.1. The van der Waals surface area contributed by atoms with Gasteiger partial charge >= 0.3 is 0 Å². The van der Waals surface area contributed by atoms with E-state index >= 15 is 4.79 Å². The predicted molar refractivity (Wildman–Crippen MR) is 283 cm³/mol. The third-order valence-corrected chi connectivity index (χ3v) is 13.6. The van der Waals surface area contributed by atoms with E-state index in [1.165, 1.54) is 51.4 Å². The Kier molecular flexibility index (Phi) is 14.2. The molecular weight excluding hydrogens is 823 g/mol. The first kappa shape index (κ1) is 45.1. The summed E-state index contributed by atoms with van der Waals surface area (Å²) >= 11 is 0. The fraction of sp³-hybridized carbons (Fsp3) is 0.262. The summed E-state index contributed by atoms with van der Waals surface area (Å²) in [4.78, 5) is 43.7. The molecule has 9 rings (SSSR count). The molecule has 0 fully saturated rings. The minimum Gasteiger partial charge on any atom is -0.340 e. The van der Waals surface area contributed by atoms with E-state index in [9.17, 15) is 9.59 Å². The van der Waals surface area contributed by atoms with Gasteiger partial charge in [-0.15, -0.1) is 0 Å². The first-order chi connectivity index (χ1) is 33.0. The first-order valence-corrected chi connectivity index (χ1v) is 24.6. The van der Waals surface area contributed by atoms with E-state index in [2.05, 4.69) is 131 Å². The summed E-state index contributed by atoms with van der Waals surface area (Å²) < 4.78 is 4.60. The van der Waals surface area contributed by atoms with Crippen molar-refractivity contribution in [3.8, 4) is 22.3 Å². The number of unbranched alkanes of at least 4 members (excludes halogenated alkanes) is 10. The topological polar surface area (TPSA) is 64.3 Å². The molecule has 0 N–H and O–H groups in total. The molecule has 338 valence electrons. The lowest BCUT2D eigenvalue weighted by molar-refractivity contribution is 0.112. The van der Waals surface area contributed by atoms with E-state index < -0.39 is 0 Å². The maximum atomic E-state index is 15.1. The van der Waals surface area contributed by atoms with Gasteiger partial charge in [0.2, 0.25) is 0 Å². The molecule has 6 heteroatoms. The molecule has 0 aliphatic rings. The van der Waals surface area contributed by atoms with Crippen molar-refractivity contribution in [2.75, 3.05) is 4.90 Å². The Hall–Kier alpha value is -7.05. The van der Waals surface area contributed by atoms with E-state index in [-0.39, 0.29) is 10.9 Å². The molecule has 67 heavy (non-hydrogen) atoms. The molecule has 6 nitrogen and oxygen atoms in total. The Morgan fingerprint density at radius 1 is 0.388 bits per heavy atom. The number of hydrogen-bond donors (Lipinski definition) is 0. The monoisotopic (exact) mass is 883 g/mol. The smallest absolute Gasteiger partial charge is 0.197 e. The number of aryl methyl sites for hydroxylation is 2. The molecule has 0 unspecified atom stereocenters. The molecule has 2 aromatic heterocycles. The third-order valence-electron chi connectivity index (χ3n) is 13.6. The lowest BCUT2D eigenvalue weighted by Crippen LogP contribution is -2.16. The largest absolute Gasteiger partial charge is 0.340 e. The van der Waals surface area contributed by atoms with Gasteiger partial charge in [0.05, 0.1) is 22.1 Å². The summed E-state index contributed by atoms with van der Waals surface area (Å²) in [6, 6.07) is 53.4. The summed E-state index contributed by atoms with van der Waals surface area (Å²) in [7, 11) is 0. The van der Waals surface area contributed by atoms with Crippen molar-refractivity contribution in [3.63, 3.8) is 0 Å². The zero-order valence-corrected chi connectivity index (χ0v) is 39.1. The van der Waals surface area contributed by atoms with Crippen molar-refractivity contribution in [3.05, 3.63) is 184 Å². The molecule has 0 bridgehead atoms. The lowest BCUT2D eigenvalue weighted by Gasteiger charge is -2.25. The number of aldehydes is 1. The van der Waals surface area contributed by atoms with Crippen LogP contribution in [-0.4, -0.2) is 15.4 Å². The van der Waals surface area contributed by atoms with E-state index in [0.29, 0.717) is 27.1 Å². The number of rotatable bonds is 20. The van der Waals surface area contributed by atoms with Crippen LogP contribution in [0.5, 0.6) is 0 Å². The van der Waals surface area contributed by atoms with Gasteiger partial charge in [-0.3, -0.25) is 14.4 Å². The van der Waals surface area contributed by atoms with Crippen LogP contribution in [0.4, 0.5) is 17.1 Å². The number of fused-ring (bicyclic) bond motifs is 4. The van der Waals surface area contributed by atoms with Gasteiger partial charge in [0, 0.05) is 57.3 Å². The number of carbonyl (C=O) groups excluding carboxylic acids is 1. The molecule has 2 heterocycles. The van der Waals surface area contributed by atoms with Crippen LogP contribution < -0.4 is 15.8 Å². The molecule has 0 atom stereocenters. The first-order valence-electron chi connectivity index (χ1n) is 24.6. The van der Waals surface area contributed by atoms with Crippen LogP contribution in [0.25, 0.3) is 65.9 Å². The van der Waals surface area contributed by atoms with Crippen molar-refractivity contribution in [1.29, 1.82) is 0 Å². The predicted octanol–water partition coefficient (Wildman–Crippen LogP) is 16.0. The summed E-state index contributed by atoms with van der Waals surface area (Å²) in [5, 5.41) is 2.62. The van der Waals surface area contributed by atoms with Crippen LogP contribution in [0.2, 0.25) is 0 Å². The number of pyridine rings is 2. The van der Waals surface area contributed by atoms with Gasteiger partial charge in [0.25, 0.3) is 0 Å². The van der Waals surface area contributed by atoms with Crippen LogP contribution in [0.15, 0.2) is 167 Å². The van der Waals surface area contributed by atoms with Gasteiger partial charge in [-0.1, -0.05) is 163 Å². The van der Waals surface area contributed by atoms with Crippen LogP contribution in [0.3, 0.4) is 0 Å². The Morgan fingerprint density at radius 2 is 0.761 bits per heavy atom. The summed E-state index contributed by atoms with van der Waals surface area (Å²) in [6.07, 6.45) is 14.6. The van der Waals surface area contributed by atoms with E-state index in [0.717, 1.165) is 106 Å². The molecule has 0 saturated carbocycles. The Morgan fingerprint density at radius 3 is 1.19 bits per heavy atom. The standard InChI is InChI=1S/C61H61N3O3/c1-3-5-7-9-11-19-37-62-56-35-31-47(45-27-25-44(43-65)26-28-45)39-52(56)60(66)54-41-59-55(42-58(54)62)61(67)53-40-48(32-36-57(53)63(59)38-20-12-10-8-6-4-2)46-29-33-51(34-30-46)64(49-21-15-13-16-22-49)50-23-17-14-18-24-50/h13-18,21-36,39-43H,3-12,19-20,37-38H2,1-2H3.